The first-order valence-electron chi connectivity index (χ1n) is 8.88. The number of esters is 1. The number of rotatable bonds is 7. The normalized spacial score (nSPS) is 13.9. The number of methoxy groups -OCH3 is 1. The van der Waals surface area contributed by atoms with Gasteiger partial charge in [0.25, 0.3) is 0 Å². The Kier molecular flexibility index (Phi) is 5.73. The summed E-state index contributed by atoms with van der Waals surface area (Å²) in [5.41, 5.74) is 3.73. The maximum absolute atomic E-state index is 12.3. The summed E-state index contributed by atoms with van der Waals surface area (Å²) in [5, 5.41) is 4.49. The zero-order chi connectivity index (χ0) is 18.5. The van der Waals surface area contributed by atoms with Crippen molar-refractivity contribution in [2.24, 2.45) is 0 Å². The predicted molar refractivity (Wildman–Crippen MR) is 99.2 cm³/mol. The van der Waals surface area contributed by atoms with Crippen molar-refractivity contribution in [3.8, 4) is 5.75 Å². The van der Waals surface area contributed by atoms with E-state index in [4.69, 9.17) is 9.47 Å². The highest BCUT2D eigenvalue weighted by Gasteiger charge is 2.28. The molecular weight excluding hydrogens is 330 g/mol. The molecule has 138 valence electrons. The van der Waals surface area contributed by atoms with Crippen LogP contribution in [0.5, 0.6) is 5.75 Å². The van der Waals surface area contributed by atoms with Crippen molar-refractivity contribution in [3.63, 3.8) is 0 Å². The van der Waals surface area contributed by atoms with Gasteiger partial charge in [-0.2, -0.15) is 5.10 Å². The van der Waals surface area contributed by atoms with Crippen molar-refractivity contribution in [2.45, 2.75) is 33.0 Å². The van der Waals surface area contributed by atoms with E-state index in [-0.39, 0.29) is 5.97 Å². The number of fused-ring (bicyclic) bond motifs is 1. The Morgan fingerprint density at radius 3 is 2.77 bits per heavy atom. The molecule has 2 aromatic rings. The van der Waals surface area contributed by atoms with Gasteiger partial charge in [0.1, 0.15) is 5.75 Å². The number of hydrogen-bond donors (Lipinski definition) is 0. The van der Waals surface area contributed by atoms with E-state index >= 15 is 0 Å². The number of carbonyl (C=O) groups is 1. The van der Waals surface area contributed by atoms with E-state index in [1.807, 2.05) is 16.8 Å². The second-order valence-corrected chi connectivity index (χ2v) is 6.27. The summed E-state index contributed by atoms with van der Waals surface area (Å²) >= 11 is 0. The summed E-state index contributed by atoms with van der Waals surface area (Å²) in [6, 6.07) is 8.08. The lowest BCUT2D eigenvalue weighted by atomic mass is 10.0. The molecule has 6 heteroatoms. The molecule has 2 heterocycles. The molecule has 0 atom stereocenters. The fraction of sp³-hybridized carbons (Fsp3) is 0.400. The van der Waals surface area contributed by atoms with E-state index in [1.165, 1.54) is 5.56 Å². The molecule has 0 amide bonds. The van der Waals surface area contributed by atoms with Crippen LogP contribution in [0, 0.1) is 0 Å². The van der Waals surface area contributed by atoms with Gasteiger partial charge >= 0.3 is 5.97 Å². The van der Waals surface area contributed by atoms with Gasteiger partial charge in [0.05, 0.1) is 20.3 Å². The molecule has 3 rings (SSSR count). The fourth-order valence-corrected chi connectivity index (χ4v) is 3.31. The molecular formula is C20H25N3O3. The van der Waals surface area contributed by atoms with Crippen LogP contribution in [-0.2, 0) is 30.8 Å². The predicted octanol–water partition coefficient (Wildman–Crippen LogP) is 2.81. The molecule has 0 spiro atoms. The molecule has 1 aliphatic rings. The molecule has 0 fully saturated rings. The average molecular weight is 355 g/mol. The Hall–Kier alpha value is -2.60. The molecule has 1 aliphatic heterocycles. The fourth-order valence-electron chi connectivity index (χ4n) is 3.31. The monoisotopic (exact) mass is 355 g/mol. The maximum Gasteiger partial charge on any atom is 0.359 e. The highest BCUT2D eigenvalue weighted by Crippen LogP contribution is 2.25. The number of allylic oxidation sites excluding steroid dienone is 1. The lowest BCUT2D eigenvalue weighted by Crippen LogP contribution is -2.31. The molecule has 6 nitrogen and oxygen atoms in total. The molecule has 0 unspecified atom stereocenters. The van der Waals surface area contributed by atoms with Crippen LogP contribution in [-0.4, -0.2) is 40.9 Å². The highest BCUT2D eigenvalue weighted by atomic mass is 16.5. The number of carbonyl (C=O) groups excluding carboxylic acids is 1. The Morgan fingerprint density at radius 2 is 2.12 bits per heavy atom. The largest absolute Gasteiger partial charge is 0.497 e. The quantitative estimate of drug-likeness (QED) is 0.565. The van der Waals surface area contributed by atoms with Crippen LogP contribution >= 0.6 is 0 Å². The Labute approximate surface area is 154 Å². The molecule has 0 bridgehead atoms. The summed E-state index contributed by atoms with van der Waals surface area (Å²) < 4.78 is 12.3. The number of benzene rings is 1. The molecule has 0 saturated carbocycles. The Bertz CT molecular complexity index is 780. The van der Waals surface area contributed by atoms with Gasteiger partial charge in [0.2, 0.25) is 0 Å². The van der Waals surface area contributed by atoms with Crippen molar-refractivity contribution in [3.05, 3.63) is 59.4 Å². The molecule has 0 aliphatic carbocycles. The third-order valence-corrected chi connectivity index (χ3v) is 4.55. The molecule has 0 N–H and O–H groups in total. The standard InChI is InChI=1S/C20H25N3O3/c1-4-11-23-18-10-12-22(13-15-6-8-16(25-3)9-7-15)14-17(18)19(21-23)20(24)26-5-2/h4,6-9H,1,5,10-14H2,2-3H3. The number of hydrogen-bond acceptors (Lipinski definition) is 5. The van der Waals surface area contributed by atoms with Gasteiger partial charge in [-0.1, -0.05) is 18.2 Å². The lowest BCUT2D eigenvalue weighted by molar-refractivity contribution is 0.0515. The van der Waals surface area contributed by atoms with Gasteiger partial charge in [-0.25, -0.2) is 4.79 Å². The van der Waals surface area contributed by atoms with Gasteiger partial charge in [-0.15, -0.1) is 6.58 Å². The minimum Gasteiger partial charge on any atom is -0.497 e. The Morgan fingerprint density at radius 1 is 1.35 bits per heavy atom. The third kappa shape index (κ3) is 3.80. The second-order valence-electron chi connectivity index (χ2n) is 6.27. The first-order valence-corrected chi connectivity index (χ1v) is 8.88. The smallest absolute Gasteiger partial charge is 0.359 e. The van der Waals surface area contributed by atoms with Gasteiger partial charge in [-0.05, 0) is 24.6 Å². The summed E-state index contributed by atoms with van der Waals surface area (Å²) in [6.07, 6.45) is 2.65. The SMILES string of the molecule is C=CCn1nc(C(=O)OCC)c2c1CCN(Cc1ccc(OC)cc1)C2. The van der Waals surface area contributed by atoms with Crippen molar-refractivity contribution >= 4 is 5.97 Å². The van der Waals surface area contributed by atoms with Crippen molar-refractivity contribution in [2.75, 3.05) is 20.3 Å². The van der Waals surface area contributed by atoms with Crippen molar-refractivity contribution in [1.82, 2.24) is 14.7 Å². The topological polar surface area (TPSA) is 56.6 Å². The third-order valence-electron chi connectivity index (χ3n) is 4.55. The van der Waals surface area contributed by atoms with Crippen LogP contribution in [0.15, 0.2) is 36.9 Å². The minimum atomic E-state index is -0.349. The molecule has 26 heavy (non-hydrogen) atoms. The van der Waals surface area contributed by atoms with Crippen LogP contribution in [0.3, 0.4) is 0 Å². The number of ether oxygens (including phenoxy) is 2. The summed E-state index contributed by atoms with van der Waals surface area (Å²) in [4.78, 5) is 14.6. The number of nitrogens with zero attached hydrogens (tertiary/aromatic N) is 3. The zero-order valence-electron chi connectivity index (χ0n) is 15.4. The van der Waals surface area contributed by atoms with Crippen LogP contribution < -0.4 is 4.74 Å². The maximum atomic E-state index is 12.3. The summed E-state index contributed by atoms with van der Waals surface area (Å²) in [7, 11) is 1.67. The second kappa shape index (κ2) is 8.19. The van der Waals surface area contributed by atoms with Crippen LogP contribution in [0.4, 0.5) is 0 Å². The zero-order valence-corrected chi connectivity index (χ0v) is 15.4. The van der Waals surface area contributed by atoms with Gasteiger partial charge < -0.3 is 9.47 Å². The molecule has 1 aromatic heterocycles. The van der Waals surface area contributed by atoms with E-state index in [2.05, 4.69) is 28.7 Å². The van der Waals surface area contributed by atoms with Gasteiger partial charge in [-0.3, -0.25) is 9.58 Å². The summed E-state index contributed by atoms with van der Waals surface area (Å²) in [6.45, 7) is 8.96. The van der Waals surface area contributed by atoms with E-state index < -0.39 is 0 Å². The van der Waals surface area contributed by atoms with Crippen molar-refractivity contribution < 1.29 is 14.3 Å². The van der Waals surface area contributed by atoms with Crippen molar-refractivity contribution in [1.29, 1.82) is 0 Å². The first kappa shape index (κ1) is 18.2. The molecule has 0 saturated heterocycles. The molecule has 0 radical (unpaired) electrons. The lowest BCUT2D eigenvalue weighted by Gasteiger charge is -2.27. The first-order chi connectivity index (χ1) is 12.7. The van der Waals surface area contributed by atoms with Crippen LogP contribution in [0.25, 0.3) is 0 Å². The van der Waals surface area contributed by atoms with E-state index in [0.717, 1.165) is 36.5 Å². The summed E-state index contributed by atoms with van der Waals surface area (Å²) in [5.74, 6) is 0.503. The minimum absolute atomic E-state index is 0.345. The Balaban J connectivity index is 1.81. The van der Waals surface area contributed by atoms with E-state index in [9.17, 15) is 4.79 Å². The average Bonchev–Trinajstić information content (AvgIpc) is 3.01. The van der Waals surface area contributed by atoms with Crippen LogP contribution in [0.1, 0.15) is 34.2 Å². The molecule has 1 aromatic carbocycles. The van der Waals surface area contributed by atoms with Crippen LogP contribution in [0.2, 0.25) is 0 Å². The van der Waals surface area contributed by atoms with E-state index in [0.29, 0.717) is 25.4 Å². The number of aromatic nitrogens is 2. The highest BCUT2D eigenvalue weighted by molar-refractivity contribution is 5.89. The van der Waals surface area contributed by atoms with Gasteiger partial charge in [0, 0.05) is 37.3 Å². The van der Waals surface area contributed by atoms with Gasteiger partial charge in [0.15, 0.2) is 5.69 Å². The van der Waals surface area contributed by atoms with E-state index in [1.54, 1.807) is 20.1 Å².